The van der Waals surface area contributed by atoms with Crippen LogP contribution in [-0.2, 0) is 6.54 Å². The molecule has 0 fully saturated rings. The van der Waals surface area contributed by atoms with Gasteiger partial charge in [0, 0.05) is 35.2 Å². The van der Waals surface area contributed by atoms with Crippen LogP contribution in [-0.4, -0.2) is 36.7 Å². The summed E-state index contributed by atoms with van der Waals surface area (Å²) >= 11 is 0. The number of aromatic amines is 1. The van der Waals surface area contributed by atoms with Crippen LogP contribution in [0.1, 0.15) is 27.8 Å². The Morgan fingerprint density at radius 2 is 1.91 bits per heavy atom. The van der Waals surface area contributed by atoms with Gasteiger partial charge in [0.1, 0.15) is 23.3 Å². The highest BCUT2D eigenvalue weighted by Gasteiger charge is 2.23. The molecule has 1 unspecified atom stereocenters. The molecule has 1 atom stereocenters. The third-order valence-corrected chi connectivity index (χ3v) is 5.48. The fraction of sp³-hybridized carbons (Fsp3) is 0.0833. The lowest BCUT2D eigenvalue weighted by Gasteiger charge is -2.18. The van der Waals surface area contributed by atoms with Crippen molar-refractivity contribution in [3.63, 3.8) is 0 Å². The second kappa shape index (κ2) is 8.43. The lowest BCUT2D eigenvalue weighted by atomic mass is 9.89. The van der Waals surface area contributed by atoms with Crippen molar-refractivity contribution in [3.05, 3.63) is 87.8 Å². The number of nitrogens with one attached hydrogen (secondary N) is 2. The zero-order chi connectivity index (χ0) is 23.8. The summed E-state index contributed by atoms with van der Waals surface area (Å²) in [6.45, 7) is 0.221. The summed E-state index contributed by atoms with van der Waals surface area (Å²) in [5.74, 6) is -0.966. The molecule has 2 heterocycles. The predicted octanol–water partition coefficient (Wildman–Crippen LogP) is 2.87. The molecule has 5 N–H and O–H groups in total. The van der Waals surface area contributed by atoms with E-state index in [0.717, 1.165) is 0 Å². The van der Waals surface area contributed by atoms with Crippen molar-refractivity contribution in [3.8, 4) is 28.2 Å². The molecule has 5 rings (SSSR count). The van der Waals surface area contributed by atoms with Gasteiger partial charge in [0.25, 0.3) is 0 Å². The van der Waals surface area contributed by atoms with Gasteiger partial charge in [-0.1, -0.05) is 12.1 Å². The Labute approximate surface area is 191 Å². The summed E-state index contributed by atoms with van der Waals surface area (Å²) in [6.07, 6.45) is 0.357. The summed E-state index contributed by atoms with van der Waals surface area (Å²) in [5, 5.41) is 44.0. The smallest absolute Gasteiger partial charge is 0.336 e. The van der Waals surface area contributed by atoms with Crippen LogP contribution < -0.4 is 10.7 Å². The maximum atomic E-state index is 12.3. The number of aromatic nitrogens is 3. The number of hydrogen-bond donors (Lipinski definition) is 5. The molecule has 34 heavy (non-hydrogen) atoms. The van der Waals surface area contributed by atoms with Crippen LogP contribution in [0.2, 0.25) is 0 Å². The van der Waals surface area contributed by atoms with E-state index in [4.69, 9.17) is 4.42 Å². The Balaban J connectivity index is 1.66. The van der Waals surface area contributed by atoms with Crippen molar-refractivity contribution < 1.29 is 24.5 Å². The zero-order valence-corrected chi connectivity index (χ0v) is 17.5. The number of fused-ring (bicyclic) bond motifs is 2. The van der Waals surface area contributed by atoms with Crippen molar-refractivity contribution >= 4 is 16.9 Å². The minimum absolute atomic E-state index is 0.0325. The number of aromatic hydroxyl groups is 1. The highest BCUT2D eigenvalue weighted by atomic mass is 16.4. The van der Waals surface area contributed by atoms with E-state index in [9.17, 15) is 24.9 Å². The first-order valence-corrected chi connectivity index (χ1v) is 10.2. The molecule has 3 aromatic rings. The number of rotatable bonds is 6. The van der Waals surface area contributed by atoms with Crippen LogP contribution in [0.5, 0.6) is 5.75 Å². The number of nitrogens with zero attached hydrogens (tertiary/aromatic N) is 2. The maximum Gasteiger partial charge on any atom is 0.336 e. The number of phenols is 1. The molecule has 0 saturated carbocycles. The summed E-state index contributed by atoms with van der Waals surface area (Å²) in [6, 6.07) is 13.4. The average Bonchev–Trinajstić information content (AvgIpc) is 3.34. The third kappa shape index (κ3) is 3.87. The SMILES string of the molecule is O=C(O)c1cc(C(O)NCc2cn[nH]n2)ccc1-c1c2ccc(=O)cc-2oc2cc(O)ccc12. The molecule has 0 spiro atoms. The molecule has 2 aromatic carbocycles. The number of carboxylic acids is 1. The van der Waals surface area contributed by atoms with Gasteiger partial charge in [-0.05, 0) is 41.5 Å². The second-order valence-corrected chi connectivity index (χ2v) is 7.67. The van der Waals surface area contributed by atoms with Crippen molar-refractivity contribution in [1.82, 2.24) is 20.7 Å². The van der Waals surface area contributed by atoms with Gasteiger partial charge in [-0.25, -0.2) is 4.79 Å². The van der Waals surface area contributed by atoms with Crippen LogP contribution in [0, 0.1) is 0 Å². The highest BCUT2D eigenvalue weighted by Crippen LogP contribution is 2.42. The molecule has 0 amide bonds. The topological polar surface area (TPSA) is 162 Å². The first-order chi connectivity index (χ1) is 16.4. The highest BCUT2D eigenvalue weighted by molar-refractivity contribution is 6.07. The molecule has 170 valence electrons. The normalized spacial score (nSPS) is 12.3. The number of benzene rings is 3. The average molecular weight is 458 g/mol. The van der Waals surface area contributed by atoms with Gasteiger partial charge >= 0.3 is 5.97 Å². The molecular weight excluding hydrogens is 440 g/mol. The van der Waals surface area contributed by atoms with Crippen molar-refractivity contribution in [2.24, 2.45) is 0 Å². The monoisotopic (exact) mass is 458 g/mol. The van der Waals surface area contributed by atoms with Crippen LogP contribution in [0.15, 0.2) is 70.0 Å². The number of carbonyl (C=O) groups is 1. The van der Waals surface area contributed by atoms with Gasteiger partial charge in [0.15, 0.2) is 5.43 Å². The fourth-order valence-electron chi connectivity index (χ4n) is 3.91. The minimum atomic E-state index is -1.19. The zero-order valence-electron chi connectivity index (χ0n) is 17.5. The van der Waals surface area contributed by atoms with E-state index in [1.807, 2.05) is 0 Å². The molecule has 10 nitrogen and oxygen atoms in total. The fourth-order valence-corrected chi connectivity index (χ4v) is 3.91. The first kappa shape index (κ1) is 21.3. The molecule has 0 saturated heterocycles. The number of aliphatic hydroxyl groups excluding tert-OH is 1. The Hall–Kier alpha value is -4.54. The van der Waals surface area contributed by atoms with Gasteiger partial charge in [0.2, 0.25) is 0 Å². The van der Waals surface area contributed by atoms with E-state index in [0.29, 0.717) is 38.9 Å². The van der Waals surface area contributed by atoms with E-state index in [-0.39, 0.29) is 29.0 Å². The Morgan fingerprint density at radius 1 is 1.09 bits per heavy atom. The van der Waals surface area contributed by atoms with E-state index in [2.05, 4.69) is 20.7 Å². The van der Waals surface area contributed by atoms with Crippen molar-refractivity contribution in [1.29, 1.82) is 0 Å². The summed E-state index contributed by atoms with van der Waals surface area (Å²) < 4.78 is 5.83. The van der Waals surface area contributed by atoms with Crippen LogP contribution >= 0.6 is 0 Å². The van der Waals surface area contributed by atoms with Gasteiger partial charge in [-0.3, -0.25) is 10.1 Å². The Bertz CT molecular complexity index is 1540. The molecule has 1 aliphatic heterocycles. The van der Waals surface area contributed by atoms with E-state index >= 15 is 0 Å². The lowest BCUT2D eigenvalue weighted by Crippen LogP contribution is -2.21. The first-order valence-electron chi connectivity index (χ1n) is 10.2. The van der Waals surface area contributed by atoms with Crippen LogP contribution in [0.3, 0.4) is 0 Å². The van der Waals surface area contributed by atoms with Crippen molar-refractivity contribution in [2.75, 3.05) is 0 Å². The number of carboxylic acid groups (broad SMARTS) is 1. The molecule has 1 aromatic heterocycles. The molecule has 0 bridgehead atoms. The van der Waals surface area contributed by atoms with E-state index in [1.165, 1.54) is 36.5 Å². The number of phenolic OH excluding ortho intramolecular Hbond substituents is 1. The number of aliphatic hydroxyl groups is 1. The largest absolute Gasteiger partial charge is 0.508 e. The lowest BCUT2D eigenvalue weighted by molar-refractivity contribution is 0.0697. The molecule has 10 heteroatoms. The van der Waals surface area contributed by atoms with E-state index < -0.39 is 12.2 Å². The van der Waals surface area contributed by atoms with Gasteiger partial charge in [0.05, 0.1) is 17.5 Å². The van der Waals surface area contributed by atoms with Gasteiger partial charge < -0.3 is 19.7 Å². The van der Waals surface area contributed by atoms with E-state index in [1.54, 1.807) is 24.3 Å². The number of aromatic carboxylic acids is 1. The minimum Gasteiger partial charge on any atom is -0.508 e. The second-order valence-electron chi connectivity index (χ2n) is 7.67. The third-order valence-electron chi connectivity index (χ3n) is 5.48. The summed E-state index contributed by atoms with van der Waals surface area (Å²) in [7, 11) is 0. The van der Waals surface area contributed by atoms with Crippen LogP contribution in [0.25, 0.3) is 33.4 Å². The van der Waals surface area contributed by atoms with Gasteiger partial charge in [-0.15, -0.1) is 0 Å². The molecule has 0 radical (unpaired) electrons. The Kier molecular flexibility index (Phi) is 5.28. The predicted molar refractivity (Wildman–Crippen MR) is 121 cm³/mol. The quantitative estimate of drug-likeness (QED) is 0.190. The number of H-pyrrole nitrogens is 1. The van der Waals surface area contributed by atoms with Crippen LogP contribution in [0.4, 0.5) is 0 Å². The van der Waals surface area contributed by atoms with Gasteiger partial charge in [-0.2, -0.15) is 15.4 Å². The standard InChI is InChI=1S/C24H18N4O6/c29-14-2-5-17-20(8-14)34-21-9-15(30)3-6-18(21)22(17)16-4-1-12(7-19(16)24(32)33)23(31)25-10-13-11-26-28-27-13/h1-9,11,23,25,29,31H,10H2,(H,32,33)(H,26,27,28). The summed E-state index contributed by atoms with van der Waals surface area (Å²) in [4.78, 5) is 24.2. The Morgan fingerprint density at radius 3 is 2.68 bits per heavy atom. The molecule has 2 aliphatic rings. The maximum absolute atomic E-state index is 12.3. The van der Waals surface area contributed by atoms with Crippen molar-refractivity contribution in [2.45, 2.75) is 12.8 Å². The molecular formula is C24H18N4O6. The molecule has 1 aliphatic carbocycles. The number of hydrogen-bond acceptors (Lipinski definition) is 8. The summed E-state index contributed by atoms with van der Waals surface area (Å²) in [5.41, 5.74) is 2.35.